The first-order valence-electron chi connectivity index (χ1n) is 10.1. The smallest absolute Gasteiger partial charge is 0.348 e. The summed E-state index contributed by atoms with van der Waals surface area (Å²) in [4.78, 5) is 27.6. The zero-order chi connectivity index (χ0) is 21.6. The maximum atomic E-state index is 12.5. The summed E-state index contributed by atoms with van der Waals surface area (Å²) in [5.41, 5.74) is 0.876. The van der Waals surface area contributed by atoms with Gasteiger partial charge in [-0.3, -0.25) is 0 Å². The van der Waals surface area contributed by atoms with Crippen molar-refractivity contribution in [3.05, 3.63) is 16.0 Å². The Morgan fingerprint density at radius 1 is 1.17 bits per heavy atom. The van der Waals surface area contributed by atoms with E-state index >= 15 is 0 Å². The summed E-state index contributed by atoms with van der Waals surface area (Å²) in [5.74, 6) is -0.930. The Kier molecular flexibility index (Phi) is 8.85. The van der Waals surface area contributed by atoms with E-state index in [1.807, 2.05) is 0 Å². The summed E-state index contributed by atoms with van der Waals surface area (Å²) in [6, 6.07) is 0.824. The number of hydrogen-bond acceptors (Lipinski definition) is 7. The normalized spacial score (nSPS) is 15.2. The fourth-order valence-electron chi connectivity index (χ4n) is 3.33. The van der Waals surface area contributed by atoms with Crippen molar-refractivity contribution in [2.45, 2.75) is 59.5 Å². The van der Waals surface area contributed by atoms with Crippen LogP contribution in [0.15, 0.2) is 0 Å². The van der Waals surface area contributed by atoms with Crippen LogP contribution in [0.5, 0.6) is 0 Å². The van der Waals surface area contributed by atoms with Crippen molar-refractivity contribution in [3.8, 4) is 0 Å². The number of piperidine rings is 1. The SMILES string of the molecule is CCOC(=O)c1sc(NC(=S)NC2CCN(C(C)C)CC2)c(C(=O)OCC)c1C. The van der Waals surface area contributed by atoms with Gasteiger partial charge < -0.3 is 25.0 Å². The van der Waals surface area contributed by atoms with Crippen molar-refractivity contribution in [2.24, 2.45) is 0 Å². The van der Waals surface area contributed by atoms with Crippen LogP contribution in [-0.2, 0) is 9.47 Å². The molecule has 0 unspecified atom stereocenters. The summed E-state index contributed by atoms with van der Waals surface area (Å²) >= 11 is 6.64. The van der Waals surface area contributed by atoms with E-state index in [-0.39, 0.29) is 19.3 Å². The van der Waals surface area contributed by atoms with Gasteiger partial charge in [0.15, 0.2) is 5.11 Å². The fourth-order valence-corrected chi connectivity index (χ4v) is 4.75. The standard InChI is InChI=1S/C20H31N3O4S2/c1-6-26-18(24)15-13(5)16(19(25)27-7-2)29-17(15)22-20(28)21-14-8-10-23(11-9-14)12(3)4/h12,14H,6-11H2,1-5H3,(H2,21,22,28). The minimum Gasteiger partial charge on any atom is -0.462 e. The number of ether oxygens (including phenoxy) is 2. The molecule has 0 amide bonds. The molecule has 0 aliphatic carbocycles. The first-order valence-corrected chi connectivity index (χ1v) is 11.3. The third kappa shape index (κ3) is 6.13. The van der Waals surface area contributed by atoms with Crippen LogP contribution in [0.25, 0.3) is 0 Å². The molecule has 162 valence electrons. The number of carbonyl (C=O) groups is 2. The van der Waals surface area contributed by atoms with Crippen molar-refractivity contribution < 1.29 is 19.1 Å². The largest absolute Gasteiger partial charge is 0.462 e. The second-order valence-corrected chi connectivity index (χ2v) is 8.63. The van der Waals surface area contributed by atoms with Crippen LogP contribution in [0, 0.1) is 6.92 Å². The third-order valence-corrected chi connectivity index (χ3v) is 6.32. The van der Waals surface area contributed by atoms with Gasteiger partial charge >= 0.3 is 11.9 Å². The van der Waals surface area contributed by atoms with Gasteiger partial charge in [-0.1, -0.05) is 0 Å². The Hall–Kier alpha value is -1.71. The number of rotatable bonds is 7. The first-order chi connectivity index (χ1) is 13.8. The maximum absolute atomic E-state index is 12.5. The minimum absolute atomic E-state index is 0.249. The highest BCUT2D eigenvalue weighted by Crippen LogP contribution is 2.34. The molecule has 29 heavy (non-hydrogen) atoms. The van der Waals surface area contributed by atoms with Crippen molar-refractivity contribution in [1.29, 1.82) is 0 Å². The van der Waals surface area contributed by atoms with E-state index in [2.05, 4.69) is 29.4 Å². The number of carbonyl (C=O) groups excluding carboxylic acids is 2. The monoisotopic (exact) mass is 441 g/mol. The molecular formula is C20H31N3O4S2. The van der Waals surface area contributed by atoms with Crippen LogP contribution in [0.2, 0.25) is 0 Å². The fraction of sp³-hybridized carbons (Fsp3) is 0.650. The molecule has 7 nitrogen and oxygen atoms in total. The van der Waals surface area contributed by atoms with Gasteiger partial charge in [0, 0.05) is 25.2 Å². The van der Waals surface area contributed by atoms with Gasteiger partial charge in [-0.25, -0.2) is 9.59 Å². The highest BCUT2D eigenvalue weighted by molar-refractivity contribution is 7.80. The predicted octanol–water partition coefficient (Wildman–Crippen LogP) is 3.57. The van der Waals surface area contributed by atoms with Gasteiger partial charge in [0.2, 0.25) is 0 Å². The van der Waals surface area contributed by atoms with Crippen LogP contribution < -0.4 is 10.6 Å². The van der Waals surface area contributed by atoms with Gasteiger partial charge in [-0.15, -0.1) is 11.3 Å². The topological polar surface area (TPSA) is 79.9 Å². The van der Waals surface area contributed by atoms with Crippen molar-refractivity contribution >= 4 is 45.6 Å². The van der Waals surface area contributed by atoms with E-state index < -0.39 is 11.9 Å². The highest BCUT2D eigenvalue weighted by Gasteiger charge is 2.27. The lowest BCUT2D eigenvalue weighted by atomic mass is 10.0. The lowest BCUT2D eigenvalue weighted by Gasteiger charge is -2.35. The third-order valence-electron chi connectivity index (χ3n) is 4.91. The molecule has 0 radical (unpaired) electrons. The Morgan fingerprint density at radius 2 is 1.76 bits per heavy atom. The molecule has 1 aliphatic heterocycles. The zero-order valence-electron chi connectivity index (χ0n) is 17.8. The predicted molar refractivity (Wildman–Crippen MR) is 120 cm³/mol. The van der Waals surface area contributed by atoms with E-state index in [4.69, 9.17) is 21.7 Å². The zero-order valence-corrected chi connectivity index (χ0v) is 19.4. The lowest BCUT2D eigenvalue weighted by molar-refractivity contribution is 0.0527. The summed E-state index contributed by atoms with van der Waals surface area (Å²) in [7, 11) is 0. The van der Waals surface area contributed by atoms with E-state index in [0.717, 1.165) is 37.3 Å². The molecule has 2 N–H and O–H groups in total. The molecule has 0 aromatic carbocycles. The molecule has 1 saturated heterocycles. The second kappa shape index (κ2) is 10.9. The van der Waals surface area contributed by atoms with Crippen LogP contribution in [-0.4, -0.2) is 60.3 Å². The molecule has 1 aromatic heterocycles. The highest BCUT2D eigenvalue weighted by atomic mass is 32.1. The van der Waals surface area contributed by atoms with Gasteiger partial charge in [0.1, 0.15) is 9.88 Å². The number of anilines is 1. The van der Waals surface area contributed by atoms with Crippen LogP contribution in [0.4, 0.5) is 5.00 Å². The van der Waals surface area contributed by atoms with E-state index in [9.17, 15) is 9.59 Å². The molecule has 0 atom stereocenters. The number of nitrogens with one attached hydrogen (secondary N) is 2. The molecule has 1 aliphatic rings. The Labute approximate surface area is 182 Å². The maximum Gasteiger partial charge on any atom is 0.348 e. The van der Waals surface area contributed by atoms with Gasteiger partial charge in [0.05, 0.1) is 18.8 Å². The number of hydrogen-bond donors (Lipinski definition) is 2. The Balaban J connectivity index is 2.11. The second-order valence-electron chi connectivity index (χ2n) is 7.20. The molecule has 0 saturated carbocycles. The number of thiocarbonyl (C=S) groups is 1. The number of esters is 2. The van der Waals surface area contributed by atoms with Crippen LogP contribution >= 0.6 is 23.6 Å². The first kappa shape index (κ1) is 23.6. The lowest BCUT2D eigenvalue weighted by Crippen LogP contribution is -2.47. The molecule has 9 heteroatoms. The molecule has 0 spiro atoms. The van der Waals surface area contributed by atoms with Gasteiger partial charge in [-0.05, 0) is 65.2 Å². The van der Waals surface area contributed by atoms with Crippen LogP contribution in [0.1, 0.15) is 66.1 Å². The summed E-state index contributed by atoms with van der Waals surface area (Å²) < 4.78 is 10.3. The van der Waals surface area contributed by atoms with E-state index in [1.54, 1.807) is 20.8 Å². The minimum atomic E-state index is -0.479. The summed E-state index contributed by atoms with van der Waals surface area (Å²) in [6.07, 6.45) is 2.00. The number of likely N-dealkylation sites (tertiary alicyclic amines) is 1. The number of thiophene rings is 1. The Morgan fingerprint density at radius 3 is 2.31 bits per heavy atom. The molecule has 0 bridgehead atoms. The summed E-state index contributed by atoms with van der Waals surface area (Å²) in [5, 5.41) is 7.39. The average molecular weight is 442 g/mol. The molecule has 2 rings (SSSR count). The van der Waals surface area contributed by atoms with Crippen LogP contribution in [0.3, 0.4) is 0 Å². The molecule has 1 fully saturated rings. The number of nitrogens with zero attached hydrogens (tertiary/aromatic N) is 1. The van der Waals surface area contributed by atoms with E-state index in [1.165, 1.54) is 0 Å². The van der Waals surface area contributed by atoms with Gasteiger partial charge in [0.25, 0.3) is 0 Å². The Bertz CT molecular complexity index is 740. The van der Waals surface area contributed by atoms with Crippen molar-refractivity contribution in [2.75, 3.05) is 31.6 Å². The average Bonchev–Trinajstić information content (AvgIpc) is 2.98. The van der Waals surface area contributed by atoms with Gasteiger partial charge in [-0.2, -0.15) is 0 Å². The van der Waals surface area contributed by atoms with Crippen molar-refractivity contribution in [3.63, 3.8) is 0 Å². The van der Waals surface area contributed by atoms with E-state index in [0.29, 0.717) is 32.2 Å². The molecule has 1 aromatic rings. The molecular weight excluding hydrogens is 410 g/mol. The molecule has 2 heterocycles. The van der Waals surface area contributed by atoms with Crippen molar-refractivity contribution in [1.82, 2.24) is 10.2 Å². The quantitative estimate of drug-likeness (QED) is 0.491. The summed E-state index contributed by atoms with van der Waals surface area (Å²) in [6.45, 7) is 12.2.